The van der Waals surface area contributed by atoms with E-state index in [0.717, 1.165) is 0 Å². The molecule has 0 aromatic carbocycles. The first-order valence-corrected chi connectivity index (χ1v) is 5.16. The molecule has 74 valence electrons. The molecule has 0 radical (unpaired) electrons. The van der Waals surface area contributed by atoms with Gasteiger partial charge in [0, 0.05) is 7.05 Å². The Morgan fingerprint density at radius 3 is 2.85 bits per heavy atom. The van der Waals surface area contributed by atoms with E-state index in [4.69, 9.17) is 5.11 Å². The van der Waals surface area contributed by atoms with Crippen molar-refractivity contribution in [1.82, 2.24) is 14.8 Å². The normalized spacial score (nSPS) is 11.5. The fourth-order valence-corrected chi connectivity index (χ4v) is 1.50. The summed E-state index contributed by atoms with van der Waals surface area (Å²) in [6, 6.07) is 0. The van der Waals surface area contributed by atoms with Gasteiger partial charge in [0.15, 0.2) is 0 Å². The molecule has 0 atom stereocenters. The number of rotatable bonds is 4. The molecule has 2 N–H and O–H groups in total. The highest BCUT2D eigenvalue weighted by Gasteiger charge is 2.11. The quantitative estimate of drug-likeness (QED) is 0.628. The van der Waals surface area contributed by atoms with Crippen molar-refractivity contribution in [3.05, 3.63) is 6.33 Å². The zero-order chi connectivity index (χ0) is 9.90. The Balaban J connectivity index is 2.75. The van der Waals surface area contributed by atoms with E-state index in [1.165, 1.54) is 11.0 Å². The standard InChI is InChI=1S/C5H10N4O3S/c1-9-5(6-4-7-9)8-13(11,12)3-2-10/h4,10H,2-3H2,1H3,(H,6,7,8). The van der Waals surface area contributed by atoms with Crippen molar-refractivity contribution in [1.29, 1.82) is 0 Å². The first-order chi connectivity index (χ1) is 6.05. The lowest BCUT2D eigenvalue weighted by Gasteiger charge is -2.04. The molecule has 0 aliphatic rings. The Labute approximate surface area is 75.5 Å². The molecule has 8 heteroatoms. The van der Waals surface area contributed by atoms with Gasteiger partial charge >= 0.3 is 0 Å². The molecule has 1 rings (SSSR count). The van der Waals surface area contributed by atoms with E-state index < -0.39 is 16.6 Å². The number of nitrogens with one attached hydrogen (secondary N) is 1. The largest absolute Gasteiger partial charge is 0.395 e. The van der Waals surface area contributed by atoms with Crippen LogP contribution in [0.4, 0.5) is 5.95 Å². The minimum absolute atomic E-state index is 0.133. The summed E-state index contributed by atoms with van der Waals surface area (Å²) in [4.78, 5) is 3.66. The minimum Gasteiger partial charge on any atom is -0.395 e. The Kier molecular flexibility index (Phi) is 2.83. The highest BCUT2D eigenvalue weighted by Crippen LogP contribution is 2.01. The van der Waals surface area contributed by atoms with Crippen LogP contribution in [0, 0.1) is 0 Å². The molecule has 0 aliphatic heterocycles. The lowest BCUT2D eigenvalue weighted by molar-refractivity contribution is 0.320. The number of anilines is 1. The topological polar surface area (TPSA) is 97.1 Å². The van der Waals surface area contributed by atoms with E-state index in [0.29, 0.717) is 0 Å². The van der Waals surface area contributed by atoms with Crippen molar-refractivity contribution >= 4 is 16.0 Å². The van der Waals surface area contributed by atoms with Crippen LogP contribution in [0.2, 0.25) is 0 Å². The number of aryl methyl sites for hydroxylation is 1. The van der Waals surface area contributed by atoms with Gasteiger partial charge in [-0.05, 0) is 0 Å². The van der Waals surface area contributed by atoms with Gasteiger partial charge in [0.2, 0.25) is 16.0 Å². The smallest absolute Gasteiger partial charge is 0.237 e. The van der Waals surface area contributed by atoms with Crippen molar-refractivity contribution in [2.24, 2.45) is 7.05 Å². The van der Waals surface area contributed by atoms with Crippen molar-refractivity contribution in [2.75, 3.05) is 17.1 Å². The molecule has 0 spiro atoms. The summed E-state index contributed by atoms with van der Waals surface area (Å²) in [6.45, 7) is -0.423. The summed E-state index contributed by atoms with van der Waals surface area (Å²) in [5.41, 5.74) is 0. The van der Waals surface area contributed by atoms with Gasteiger partial charge in [-0.3, -0.25) is 4.72 Å². The molecular weight excluding hydrogens is 196 g/mol. The van der Waals surface area contributed by atoms with Crippen LogP contribution in [-0.4, -0.2) is 40.6 Å². The van der Waals surface area contributed by atoms with Crippen LogP contribution in [0.1, 0.15) is 0 Å². The molecule has 0 unspecified atom stereocenters. The fraction of sp³-hybridized carbons (Fsp3) is 0.600. The SMILES string of the molecule is Cn1ncnc1NS(=O)(=O)CCO. The van der Waals surface area contributed by atoms with Crippen LogP contribution < -0.4 is 4.72 Å². The maximum atomic E-state index is 11.1. The van der Waals surface area contributed by atoms with Crippen molar-refractivity contribution in [2.45, 2.75) is 0 Å². The third kappa shape index (κ3) is 2.67. The number of nitrogens with zero attached hydrogens (tertiary/aromatic N) is 3. The summed E-state index contributed by atoms with van der Waals surface area (Å²) in [5.74, 6) is -0.215. The summed E-state index contributed by atoms with van der Waals surface area (Å²) < 4.78 is 25.7. The lowest BCUT2D eigenvalue weighted by atomic mass is 10.9. The number of aromatic nitrogens is 3. The number of hydrogen-bond acceptors (Lipinski definition) is 5. The van der Waals surface area contributed by atoms with E-state index in [-0.39, 0.29) is 11.7 Å². The second-order valence-corrected chi connectivity index (χ2v) is 4.19. The number of aliphatic hydroxyl groups excluding tert-OH is 1. The van der Waals surface area contributed by atoms with Crippen molar-refractivity contribution in [3.8, 4) is 0 Å². The van der Waals surface area contributed by atoms with Gasteiger partial charge in [-0.1, -0.05) is 0 Å². The van der Waals surface area contributed by atoms with Crippen molar-refractivity contribution in [3.63, 3.8) is 0 Å². The average molecular weight is 206 g/mol. The Bertz CT molecular complexity index is 371. The van der Waals surface area contributed by atoms with Crippen molar-refractivity contribution < 1.29 is 13.5 Å². The van der Waals surface area contributed by atoms with E-state index >= 15 is 0 Å². The third-order valence-electron chi connectivity index (χ3n) is 1.32. The second-order valence-electron chi connectivity index (χ2n) is 2.35. The predicted octanol–water partition coefficient (Wildman–Crippen LogP) is -1.45. The Hall–Kier alpha value is -1.15. The molecule has 1 aromatic rings. The highest BCUT2D eigenvalue weighted by atomic mass is 32.2. The molecule has 13 heavy (non-hydrogen) atoms. The highest BCUT2D eigenvalue weighted by molar-refractivity contribution is 7.92. The number of sulfonamides is 1. The van der Waals surface area contributed by atoms with E-state index in [1.54, 1.807) is 7.05 Å². The van der Waals surface area contributed by atoms with Gasteiger partial charge in [-0.15, -0.1) is 0 Å². The first kappa shape index (κ1) is 9.93. The molecule has 0 bridgehead atoms. The average Bonchev–Trinajstić information content (AvgIpc) is 2.35. The molecule has 0 aliphatic carbocycles. The van der Waals surface area contributed by atoms with E-state index in [1.807, 2.05) is 0 Å². The molecule has 1 heterocycles. The molecule has 0 amide bonds. The molecule has 0 saturated heterocycles. The van der Waals surface area contributed by atoms with E-state index in [9.17, 15) is 8.42 Å². The van der Waals surface area contributed by atoms with E-state index in [2.05, 4.69) is 14.8 Å². The summed E-state index contributed by atoms with van der Waals surface area (Å²) >= 11 is 0. The summed E-state index contributed by atoms with van der Waals surface area (Å²) in [7, 11) is -1.94. The zero-order valence-electron chi connectivity index (χ0n) is 7.01. The third-order valence-corrected chi connectivity index (χ3v) is 2.53. The fourth-order valence-electron chi connectivity index (χ4n) is 0.699. The minimum atomic E-state index is -3.50. The van der Waals surface area contributed by atoms with Gasteiger partial charge in [0.25, 0.3) is 0 Å². The molecule has 7 nitrogen and oxygen atoms in total. The van der Waals surface area contributed by atoms with Gasteiger partial charge < -0.3 is 5.11 Å². The Morgan fingerprint density at radius 1 is 1.69 bits per heavy atom. The van der Waals surface area contributed by atoms with Crippen LogP contribution in [-0.2, 0) is 17.1 Å². The lowest BCUT2D eigenvalue weighted by Crippen LogP contribution is -2.21. The monoisotopic (exact) mass is 206 g/mol. The second kappa shape index (κ2) is 3.71. The molecule has 0 saturated carbocycles. The molecule has 0 fully saturated rings. The van der Waals surface area contributed by atoms with Crippen LogP contribution in [0.25, 0.3) is 0 Å². The summed E-state index contributed by atoms with van der Waals surface area (Å²) in [5, 5.41) is 12.1. The number of hydrogen-bond donors (Lipinski definition) is 2. The van der Waals surface area contributed by atoms with Crippen LogP contribution in [0.3, 0.4) is 0 Å². The maximum absolute atomic E-state index is 11.1. The van der Waals surface area contributed by atoms with Gasteiger partial charge in [0.05, 0.1) is 12.4 Å². The van der Waals surface area contributed by atoms with Gasteiger partial charge in [-0.25, -0.2) is 13.1 Å². The van der Waals surface area contributed by atoms with Crippen LogP contribution in [0.15, 0.2) is 6.33 Å². The molecule has 1 aromatic heterocycles. The maximum Gasteiger partial charge on any atom is 0.237 e. The first-order valence-electron chi connectivity index (χ1n) is 3.50. The Morgan fingerprint density at radius 2 is 2.38 bits per heavy atom. The molecular formula is C5H10N4O3S. The summed E-state index contributed by atoms with van der Waals surface area (Å²) in [6.07, 6.45) is 1.23. The zero-order valence-corrected chi connectivity index (χ0v) is 7.82. The van der Waals surface area contributed by atoms with Crippen LogP contribution >= 0.6 is 0 Å². The predicted molar refractivity (Wildman–Crippen MR) is 45.5 cm³/mol. The van der Waals surface area contributed by atoms with Gasteiger partial charge in [-0.2, -0.15) is 10.1 Å². The number of aliphatic hydroxyl groups is 1. The van der Waals surface area contributed by atoms with Crippen LogP contribution in [0.5, 0.6) is 0 Å². The van der Waals surface area contributed by atoms with Gasteiger partial charge in [0.1, 0.15) is 6.33 Å².